The number of likely N-dealkylation sites (N-methyl/N-ethyl adjacent to an activating group) is 1. The van der Waals surface area contributed by atoms with E-state index < -0.39 is 13.0 Å². The van der Waals surface area contributed by atoms with Gasteiger partial charge in [0.25, 0.3) is 5.91 Å². The van der Waals surface area contributed by atoms with Crippen LogP contribution in [-0.2, 0) is 4.74 Å². The summed E-state index contributed by atoms with van der Waals surface area (Å²) in [6.45, 7) is 0.0366. The van der Waals surface area contributed by atoms with Crippen LogP contribution in [0.15, 0.2) is 6.33 Å². The quantitative estimate of drug-likeness (QED) is 0.333. The topological polar surface area (TPSA) is 122 Å². The lowest BCUT2D eigenvalue weighted by Gasteiger charge is -2.10. The van der Waals surface area contributed by atoms with Crippen LogP contribution in [0.3, 0.4) is 0 Å². The van der Waals surface area contributed by atoms with Gasteiger partial charge in [-0.05, 0) is 0 Å². The van der Waals surface area contributed by atoms with Crippen molar-refractivity contribution in [1.29, 1.82) is 0 Å². The number of nitrogen functional groups attached to an aromatic ring is 1. The highest BCUT2D eigenvalue weighted by Gasteiger charge is 2.28. The largest absolute Gasteiger partial charge is 0.522 e. The molecule has 6 N–H and O–H groups in total. The molecule has 1 amide bonds. The normalized spacial score (nSPS) is 11.0. The van der Waals surface area contributed by atoms with E-state index in [2.05, 4.69) is 20.0 Å². The molecule has 0 atom stereocenters. The molecule has 0 saturated heterocycles. The lowest BCUT2D eigenvalue weighted by Crippen LogP contribution is -2.31. The molecule has 0 aliphatic rings. The fourth-order valence-corrected chi connectivity index (χ4v) is 1.14. The van der Waals surface area contributed by atoms with Crippen molar-refractivity contribution in [2.24, 2.45) is 5.84 Å². The second-order valence-electron chi connectivity index (χ2n) is 3.88. The van der Waals surface area contributed by atoms with Crippen molar-refractivity contribution in [3.05, 3.63) is 12.0 Å². The number of anilines is 1. The van der Waals surface area contributed by atoms with Crippen molar-refractivity contribution < 1.29 is 22.7 Å². The van der Waals surface area contributed by atoms with Gasteiger partial charge in [-0.1, -0.05) is 0 Å². The highest BCUT2D eigenvalue weighted by molar-refractivity contribution is 6.18. The number of aromatic nitrogens is 2. The van der Waals surface area contributed by atoms with Crippen LogP contribution < -0.4 is 16.9 Å². The first-order valence-corrected chi connectivity index (χ1v) is 6.50. The molecule has 0 saturated carbocycles. The van der Waals surface area contributed by atoms with Crippen LogP contribution in [0.1, 0.15) is 10.5 Å². The van der Waals surface area contributed by atoms with Crippen molar-refractivity contribution in [3.8, 4) is 0 Å². The third kappa shape index (κ3) is 10.2. The summed E-state index contributed by atoms with van der Waals surface area (Å²) in [6.07, 6.45) is -3.18. The predicted molar refractivity (Wildman–Crippen MR) is 74.9 cm³/mol. The Morgan fingerprint density at radius 1 is 1.59 bits per heavy atom. The SMILES string of the molecule is CN(N)CCOC(F)(F)F.Nc1nc[nH]c1C(=O)NCCCl. The van der Waals surface area contributed by atoms with E-state index in [1.54, 1.807) is 0 Å². The predicted octanol–water partition coefficient (Wildman–Crippen LogP) is 0.289. The number of nitrogens with zero attached hydrogens (tertiary/aromatic N) is 2. The summed E-state index contributed by atoms with van der Waals surface area (Å²) in [7, 11) is 1.46. The van der Waals surface area contributed by atoms with E-state index >= 15 is 0 Å². The monoisotopic (exact) mass is 346 g/mol. The second-order valence-corrected chi connectivity index (χ2v) is 4.26. The molecule has 1 heterocycles. The molecule has 0 fully saturated rings. The van der Waals surface area contributed by atoms with E-state index in [-0.39, 0.29) is 24.0 Å². The highest BCUT2D eigenvalue weighted by Crippen LogP contribution is 2.15. The van der Waals surface area contributed by atoms with Crippen LogP contribution in [0.2, 0.25) is 0 Å². The zero-order valence-corrected chi connectivity index (χ0v) is 12.5. The van der Waals surface area contributed by atoms with Gasteiger partial charge in [-0.15, -0.1) is 24.8 Å². The maximum atomic E-state index is 11.2. The molecule has 0 bridgehead atoms. The first-order valence-electron chi connectivity index (χ1n) is 5.97. The Balaban J connectivity index is 0.000000409. The molecule has 0 aliphatic heterocycles. The number of hydrogen-bond acceptors (Lipinski definition) is 6. The van der Waals surface area contributed by atoms with Gasteiger partial charge >= 0.3 is 6.36 Å². The number of H-pyrrole nitrogens is 1. The fraction of sp³-hybridized carbons (Fsp3) is 0.600. The molecular weight excluding hydrogens is 329 g/mol. The lowest BCUT2D eigenvalue weighted by atomic mass is 10.4. The minimum absolute atomic E-state index is 0.0551. The Hall–Kier alpha value is -1.56. The van der Waals surface area contributed by atoms with Gasteiger partial charge in [0.1, 0.15) is 5.69 Å². The van der Waals surface area contributed by atoms with Gasteiger partial charge in [0, 0.05) is 26.0 Å². The molecule has 1 rings (SSSR count). The molecule has 12 heteroatoms. The molecule has 0 aliphatic carbocycles. The van der Waals surface area contributed by atoms with Gasteiger partial charge in [0.2, 0.25) is 0 Å². The Labute approximate surface area is 129 Å². The molecule has 22 heavy (non-hydrogen) atoms. The fourth-order valence-electron chi connectivity index (χ4n) is 1.04. The number of hydrogen-bond donors (Lipinski definition) is 4. The van der Waals surface area contributed by atoms with E-state index in [0.717, 1.165) is 5.01 Å². The standard InChI is InChI=1S/C6H9ClN4O.C4H9F3N2O/c7-1-2-9-6(12)4-5(8)11-3-10-4;1-9(8)2-3-10-4(5,6)7/h3H,1-2,8H2,(H,9,12)(H,10,11);2-3,8H2,1H3. The third-order valence-corrected chi connectivity index (χ3v) is 2.17. The number of alkyl halides is 4. The van der Waals surface area contributed by atoms with E-state index in [0.29, 0.717) is 12.4 Å². The average Bonchev–Trinajstić information content (AvgIpc) is 2.81. The zero-order valence-electron chi connectivity index (χ0n) is 11.8. The zero-order chi connectivity index (χ0) is 17.2. The number of halogens is 4. The van der Waals surface area contributed by atoms with Crippen molar-refractivity contribution in [3.63, 3.8) is 0 Å². The molecule has 0 radical (unpaired) electrons. The second kappa shape index (κ2) is 10.2. The lowest BCUT2D eigenvalue weighted by molar-refractivity contribution is -0.324. The van der Waals surface area contributed by atoms with Gasteiger partial charge in [-0.3, -0.25) is 15.4 Å². The summed E-state index contributed by atoms with van der Waals surface area (Å²) in [5.74, 6) is 5.29. The summed E-state index contributed by atoms with van der Waals surface area (Å²) in [5.41, 5.74) is 5.65. The van der Waals surface area contributed by atoms with Crippen LogP contribution in [0.25, 0.3) is 0 Å². The summed E-state index contributed by atoms with van der Waals surface area (Å²) in [5, 5.41) is 3.67. The third-order valence-electron chi connectivity index (χ3n) is 1.99. The van der Waals surface area contributed by atoms with Crippen LogP contribution in [-0.4, -0.2) is 59.9 Å². The number of aromatic amines is 1. The van der Waals surface area contributed by atoms with Gasteiger partial charge < -0.3 is 16.0 Å². The summed E-state index contributed by atoms with van der Waals surface area (Å²) < 4.78 is 37.1. The van der Waals surface area contributed by atoms with Gasteiger partial charge in [0.05, 0.1) is 12.9 Å². The number of hydrazine groups is 1. The van der Waals surface area contributed by atoms with Crippen molar-refractivity contribution in [2.75, 3.05) is 38.4 Å². The van der Waals surface area contributed by atoms with Crippen molar-refractivity contribution >= 4 is 23.3 Å². The Bertz CT molecular complexity index is 441. The molecule has 1 aromatic rings. The summed E-state index contributed by atoms with van der Waals surface area (Å²) >= 11 is 5.37. The maximum Gasteiger partial charge on any atom is 0.522 e. The van der Waals surface area contributed by atoms with Crippen molar-refractivity contribution in [2.45, 2.75) is 6.36 Å². The summed E-state index contributed by atoms with van der Waals surface area (Å²) in [6, 6.07) is 0. The number of nitrogens with two attached hydrogens (primary N) is 2. The minimum Gasteiger partial charge on any atom is -0.382 e. The minimum atomic E-state index is -4.55. The molecule has 0 aromatic carbocycles. The highest BCUT2D eigenvalue weighted by atomic mass is 35.5. The number of amides is 1. The van der Waals surface area contributed by atoms with Crippen LogP contribution in [0, 0.1) is 0 Å². The summed E-state index contributed by atoms with van der Waals surface area (Å²) in [4.78, 5) is 17.5. The van der Waals surface area contributed by atoms with Crippen LogP contribution in [0.5, 0.6) is 0 Å². The maximum absolute atomic E-state index is 11.2. The molecule has 128 valence electrons. The number of imidazole rings is 1. The Morgan fingerprint density at radius 2 is 2.23 bits per heavy atom. The first-order chi connectivity index (χ1) is 10.2. The smallest absolute Gasteiger partial charge is 0.382 e. The molecule has 0 spiro atoms. The van der Waals surface area contributed by atoms with Crippen LogP contribution >= 0.6 is 11.6 Å². The number of rotatable bonds is 6. The first kappa shape index (κ1) is 20.4. The van der Waals surface area contributed by atoms with Gasteiger partial charge in [-0.25, -0.2) is 9.99 Å². The molecule has 1 aromatic heterocycles. The van der Waals surface area contributed by atoms with Gasteiger partial charge in [0.15, 0.2) is 5.82 Å². The van der Waals surface area contributed by atoms with E-state index in [9.17, 15) is 18.0 Å². The van der Waals surface area contributed by atoms with Crippen LogP contribution in [0.4, 0.5) is 19.0 Å². The van der Waals surface area contributed by atoms with Gasteiger partial charge in [-0.2, -0.15) is 0 Å². The van der Waals surface area contributed by atoms with E-state index in [1.165, 1.54) is 13.4 Å². The number of carbonyl (C=O) groups is 1. The molecule has 0 unspecified atom stereocenters. The molecule has 8 nitrogen and oxygen atoms in total. The van der Waals surface area contributed by atoms with E-state index in [1.807, 2.05) is 0 Å². The number of ether oxygens (including phenoxy) is 1. The van der Waals surface area contributed by atoms with E-state index in [4.69, 9.17) is 23.2 Å². The Kier molecular flexibility index (Phi) is 9.49. The number of carbonyl (C=O) groups excluding carboxylic acids is 1. The molecular formula is C10H18ClF3N6O2. The average molecular weight is 347 g/mol. The van der Waals surface area contributed by atoms with Crippen molar-refractivity contribution in [1.82, 2.24) is 20.3 Å². The number of nitrogens with one attached hydrogen (secondary N) is 2. The Morgan fingerprint density at radius 3 is 2.64 bits per heavy atom.